The highest BCUT2D eigenvalue weighted by Gasteiger charge is 2.34. The Morgan fingerprint density at radius 1 is 1.03 bits per heavy atom. The van der Waals surface area contributed by atoms with Crippen molar-refractivity contribution in [3.05, 3.63) is 64.7 Å². The number of nitrogens with zero attached hydrogens (tertiary/aromatic N) is 1. The number of aryl methyl sites for hydroxylation is 2. The lowest BCUT2D eigenvalue weighted by atomic mass is 9.89. The van der Waals surface area contributed by atoms with Gasteiger partial charge >= 0.3 is 6.18 Å². The minimum atomic E-state index is -4.63. The first kappa shape index (κ1) is 24.1. The van der Waals surface area contributed by atoms with Gasteiger partial charge in [0.25, 0.3) is 0 Å². The SMILES string of the molecule is CC(NC(=O)C(C)N(c1cccc(C(F)(F)F)c1)S(C)(=O)=O)c1ccc2c(c1)CCCC2. The van der Waals surface area contributed by atoms with Crippen LogP contribution in [-0.4, -0.2) is 26.6 Å². The highest BCUT2D eigenvalue weighted by molar-refractivity contribution is 7.92. The standard InChI is InChI=1S/C23H27F3N2O3S/c1-15(18-12-11-17-7-4-5-8-19(17)13-18)27-22(29)16(2)28(32(3,30)31)21-10-6-9-20(14-21)23(24,25)26/h6,9-16H,4-5,7-8H2,1-3H3,(H,27,29). The highest BCUT2D eigenvalue weighted by atomic mass is 32.2. The van der Waals surface area contributed by atoms with E-state index in [0.717, 1.165) is 60.0 Å². The van der Waals surface area contributed by atoms with Gasteiger partial charge in [-0.1, -0.05) is 24.3 Å². The predicted octanol–water partition coefficient (Wildman–Crippen LogP) is 4.62. The van der Waals surface area contributed by atoms with Crippen LogP contribution in [0, 0.1) is 0 Å². The Labute approximate surface area is 186 Å². The molecule has 0 saturated carbocycles. The van der Waals surface area contributed by atoms with E-state index in [1.807, 2.05) is 6.07 Å². The summed E-state index contributed by atoms with van der Waals surface area (Å²) in [7, 11) is -4.03. The molecule has 0 saturated heterocycles. The number of alkyl halides is 3. The molecule has 0 spiro atoms. The fourth-order valence-electron chi connectivity index (χ4n) is 4.07. The molecule has 2 aromatic carbocycles. The van der Waals surface area contributed by atoms with Crippen LogP contribution in [-0.2, 0) is 33.8 Å². The monoisotopic (exact) mass is 468 g/mol. The van der Waals surface area contributed by atoms with E-state index in [9.17, 15) is 26.4 Å². The predicted molar refractivity (Wildman–Crippen MR) is 118 cm³/mol. The minimum absolute atomic E-state index is 0.216. The van der Waals surface area contributed by atoms with E-state index in [2.05, 4.69) is 17.4 Å². The number of halogens is 3. The lowest BCUT2D eigenvalue weighted by Crippen LogP contribution is -2.48. The van der Waals surface area contributed by atoms with Gasteiger partial charge in [0.1, 0.15) is 6.04 Å². The van der Waals surface area contributed by atoms with Gasteiger partial charge in [-0.2, -0.15) is 13.2 Å². The minimum Gasteiger partial charge on any atom is -0.348 e. The lowest BCUT2D eigenvalue weighted by molar-refractivity contribution is -0.137. The molecule has 0 aromatic heterocycles. The van der Waals surface area contributed by atoms with Crippen LogP contribution in [0.1, 0.15) is 55.0 Å². The van der Waals surface area contributed by atoms with Crippen LogP contribution in [0.25, 0.3) is 0 Å². The summed E-state index contributed by atoms with van der Waals surface area (Å²) in [5.74, 6) is -0.599. The summed E-state index contributed by atoms with van der Waals surface area (Å²) >= 11 is 0. The highest BCUT2D eigenvalue weighted by Crippen LogP contribution is 2.33. The second kappa shape index (κ2) is 9.13. The van der Waals surface area contributed by atoms with Crippen molar-refractivity contribution >= 4 is 21.6 Å². The summed E-state index contributed by atoms with van der Waals surface area (Å²) in [5, 5.41) is 2.80. The average molecular weight is 469 g/mol. The quantitative estimate of drug-likeness (QED) is 0.673. The molecule has 2 unspecified atom stereocenters. The number of fused-ring (bicyclic) bond motifs is 1. The first-order valence-electron chi connectivity index (χ1n) is 10.5. The van der Waals surface area contributed by atoms with Gasteiger partial charge in [-0.3, -0.25) is 9.10 Å². The van der Waals surface area contributed by atoms with Gasteiger partial charge in [0.15, 0.2) is 0 Å². The summed E-state index contributed by atoms with van der Waals surface area (Å²) in [5.41, 5.74) is 2.26. The van der Waals surface area contributed by atoms with Crippen LogP contribution in [0.4, 0.5) is 18.9 Å². The zero-order chi connectivity index (χ0) is 23.7. The Bertz CT molecular complexity index is 1100. The van der Waals surface area contributed by atoms with E-state index in [1.54, 1.807) is 6.92 Å². The molecule has 0 aliphatic heterocycles. The molecule has 3 rings (SSSR count). The van der Waals surface area contributed by atoms with Crippen molar-refractivity contribution < 1.29 is 26.4 Å². The number of anilines is 1. The molecule has 1 aliphatic rings. The van der Waals surface area contributed by atoms with Crippen molar-refractivity contribution in [1.29, 1.82) is 0 Å². The fourth-order valence-corrected chi connectivity index (χ4v) is 5.23. The number of nitrogens with one attached hydrogen (secondary N) is 1. The van der Waals surface area contributed by atoms with Crippen molar-refractivity contribution in [2.45, 2.75) is 57.8 Å². The van der Waals surface area contributed by atoms with Gasteiger partial charge in [-0.25, -0.2) is 8.42 Å². The lowest BCUT2D eigenvalue weighted by Gasteiger charge is -2.30. The number of carbonyl (C=O) groups is 1. The van der Waals surface area contributed by atoms with Crippen LogP contribution in [0.3, 0.4) is 0 Å². The van der Waals surface area contributed by atoms with Gasteiger partial charge in [-0.05, 0) is 74.4 Å². The number of hydrogen-bond acceptors (Lipinski definition) is 3. The maximum atomic E-state index is 13.1. The van der Waals surface area contributed by atoms with Crippen LogP contribution in [0.15, 0.2) is 42.5 Å². The molecule has 1 aliphatic carbocycles. The van der Waals surface area contributed by atoms with Crippen LogP contribution in [0.2, 0.25) is 0 Å². The second-order valence-corrected chi connectivity index (χ2v) is 10.1. The Balaban J connectivity index is 1.83. The number of rotatable bonds is 6. The van der Waals surface area contributed by atoms with Crippen LogP contribution >= 0.6 is 0 Å². The summed E-state index contributed by atoms with van der Waals surface area (Å²) in [6.45, 7) is 3.15. The van der Waals surface area contributed by atoms with E-state index in [-0.39, 0.29) is 11.7 Å². The average Bonchev–Trinajstić information content (AvgIpc) is 2.72. The zero-order valence-corrected chi connectivity index (χ0v) is 19.1. The van der Waals surface area contributed by atoms with Crippen LogP contribution in [0.5, 0.6) is 0 Å². The maximum absolute atomic E-state index is 13.1. The molecular weight excluding hydrogens is 441 g/mol. The van der Waals surface area contributed by atoms with E-state index >= 15 is 0 Å². The largest absolute Gasteiger partial charge is 0.416 e. The normalized spacial score (nSPS) is 16.1. The van der Waals surface area contributed by atoms with E-state index in [4.69, 9.17) is 0 Å². The fraction of sp³-hybridized carbons (Fsp3) is 0.435. The molecule has 0 heterocycles. The van der Waals surface area contributed by atoms with Crippen molar-refractivity contribution in [1.82, 2.24) is 5.32 Å². The molecule has 2 atom stereocenters. The summed E-state index contributed by atoms with van der Waals surface area (Å²) in [4.78, 5) is 12.9. The molecule has 0 radical (unpaired) electrons. The number of amides is 1. The molecule has 9 heteroatoms. The zero-order valence-electron chi connectivity index (χ0n) is 18.2. The third-order valence-corrected chi connectivity index (χ3v) is 6.99. The third-order valence-electron chi connectivity index (χ3n) is 5.75. The molecule has 2 aromatic rings. The molecular formula is C23H27F3N2O3S. The summed E-state index contributed by atoms with van der Waals surface area (Å²) in [6.07, 6.45) is 0.530. The summed E-state index contributed by atoms with van der Waals surface area (Å²) in [6, 6.07) is 8.38. The number of sulfonamides is 1. The first-order valence-corrected chi connectivity index (χ1v) is 12.3. The van der Waals surface area contributed by atoms with Crippen molar-refractivity contribution in [2.24, 2.45) is 0 Å². The number of carbonyl (C=O) groups excluding carboxylic acids is 1. The smallest absolute Gasteiger partial charge is 0.348 e. The molecule has 0 bridgehead atoms. The van der Waals surface area contributed by atoms with Gasteiger partial charge in [-0.15, -0.1) is 0 Å². The van der Waals surface area contributed by atoms with E-state index < -0.39 is 33.7 Å². The molecule has 0 fully saturated rings. The molecule has 32 heavy (non-hydrogen) atoms. The van der Waals surface area contributed by atoms with Gasteiger partial charge in [0, 0.05) is 0 Å². The van der Waals surface area contributed by atoms with Gasteiger partial charge < -0.3 is 5.32 Å². The Morgan fingerprint density at radius 2 is 1.69 bits per heavy atom. The maximum Gasteiger partial charge on any atom is 0.416 e. The molecule has 5 nitrogen and oxygen atoms in total. The van der Waals surface area contributed by atoms with E-state index in [0.29, 0.717) is 0 Å². The van der Waals surface area contributed by atoms with Crippen LogP contribution < -0.4 is 9.62 Å². The molecule has 174 valence electrons. The topological polar surface area (TPSA) is 66.5 Å². The van der Waals surface area contributed by atoms with Crippen molar-refractivity contribution in [2.75, 3.05) is 10.6 Å². The Morgan fingerprint density at radius 3 is 2.31 bits per heavy atom. The Kier molecular flexibility index (Phi) is 6.88. The second-order valence-electron chi connectivity index (χ2n) is 8.25. The van der Waals surface area contributed by atoms with Crippen molar-refractivity contribution in [3.8, 4) is 0 Å². The van der Waals surface area contributed by atoms with Gasteiger partial charge in [0.2, 0.25) is 15.9 Å². The Hall–Kier alpha value is -2.55. The molecule has 1 amide bonds. The first-order chi connectivity index (χ1) is 14.9. The number of hydrogen-bond donors (Lipinski definition) is 1. The van der Waals surface area contributed by atoms with E-state index in [1.165, 1.54) is 24.1 Å². The molecule has 1 N–H and O–H groups in total. The number of benzene rings is 2. The van der Waals surface area contributed by atoms with Gasteiger partial charge in [0.05, 0.1) is 23.5 Å². The third kappa shape index (κ3) is 5.43. The van der Waals surface area contributed by atoms with Crippen molar-refractivity contribution in [3.63, 3.8) is 0 Å². The summed E-state index contributed by atoms with van der Waals surface area (Å²) < 4.78 is 64.9.